The summed E-state index contributed by atoms with van der Waals surface area (Å²) >= 11 is 0. The molecular weight excluding hydrogens is 556 g/mol. The lowest BCUT2D eigenvalue weighted by Gasteiger charge is -2.20. The number of hydrogen-bond acceptors (Lipinski definition) is 6. The first-order valence-electron chi connectivity index (χ1n) is 12.9. The predicted molar refractivity (Wildman–Crippen MR) is 158 cm³/mol. The monoisotopic (exact) mass is 584 g/mol. The summed E-state index contributed by atoms with van der Waals surface area (Å²) in [5.74, 6) is 0.197. The molecule has 0 saturated heterocycles. The van der Waals surface area contributed by atoms with E-state index in [2.05, 4.69) is 0 Å². The Morgan fingerprint density at radius 2 is 0.780 bits per heavy atom. The fourth-order valence-electron chi connectivity index (χ4n) is 4.67. The third kappa shape index (κ3) is 6.34. The second kappa shape index (κ2) is 11.6. The molecule has 0 saturated carbocycles. The molecule has 5 aromatic rings. The van der Waals surface area contributed by atoms with Crippen LogP contribution in [0.1, 0.15) is 33.7 Å². The summed E-state index contributed by atoms with van der Waals surface area (Å²) in [7, 11) is -7.97. The fraction of sp³-hybridized carbons (Fsp3) is 0.0909. The molecule has 0 atom stereocenters. The molecule has 0 spiro atoms. The quantitative estimate of drug-likeness (QED) is 0.137. The van der Waals surface area contributed by atoms with Crippen molar-refractivity contribution in [3.63, 3.8) is 0 Å². The van der Waals surface area contributed by atoms with Crippen molar-refractivity contribution in [3.05, 3.63) is 155 Å². The van der Waals surface area contributed by atoms with Gasteiger partial charge >= 0.3 is 20.2 Å². The van der Waals surface area contributed by atoms with Crippen LogP contribution in [0.15, 0.2) is 137 Å². The Morgan fingerprint density at radius 3 is 1.17 bits per heavy atom. The number of aryl methyl sites for hydroxylation is 2. The lowest BCUT2D eigenvalue weighted by Crippen LogP contribution is -2.11. The highest BCUT2D eigenvalue weighted by atomic mass is 32.2. The maximum absolute atomic E-state index is 12.8. The molecule has 0 aliphatic rings. The molecule has 5 aromatic carbocycles. The van der Waals surface area contributed by atoms with Crippen LogP contribution in [0, 0.1) is 13.8 Å². The minimum absolute atomic E-state index is 0.123. The van der Waals surface area contributed by atoms with Gasteiger partial charge in [-0.1, -0.05) is 91.0 Å². The summed E-state index contributed by atoms with van der Waals surface area (Å²) in [4.78, 5) is 0.246. The van der Waals surface area contributed by atoms with E-state index in [1.165, 1.54) is 12.1 Å². The van der Waals surface area contributed by atoms with Crippen molar-refractivity contribution in [3.8, 4) is 11.5 Å². The summed E-state index contributed by atoms with van der Waals surface area (Å²) in [6.45, 7) is 3.44. The van der Waals surface area contributed by atoms with Gasteiger partial charge in [-0.3, -0.25) is 0 Å². The van der Waals surface area contributed by atoms with Crippen molar-refractivity contribution < 1.29 is 25.2 Å². The van der Waals surface area contributed by atoms with Crippen LogP contribution in [0.3, 0.4) is 0 Å². The van der Waals surface area contributed by atoms with Crippen LogP contribution in [-0.2, 0) is 20.2 Å². The first-order chi connectivity index (χ1) is 19.6. The van der Waals surface area contributed by atoms with Crippen molar-refractivity contribution in [2.45, 2.75) is 29.6 Å². The lowest BCUT2D eigenvalue weighted by atomic mass is 9.85. The van der Waals surface area contributed by atoms with Gasteiger partial charge in [0, 0.05) is 5.92 Å². The molecule has 6 nitrogen and oxygen atoms in total. The van der Waals surface area contributed by atoms with Crippen LogP contribution in [0.25, 0.3) is 0 Å². The third-order valence-corrected chi connectivity index (χ3v) is 9.51. The molecule has 8 heteroatoms. The van der Waals surface area contributed by atoms with E-state index in [1.807, 2.05) is 54.6 Å². The molecule has 5 rings (SSSR count). The van der Waals surface area contributed by atoms with E-state index in [9.17, 15) is 16.8 Å². The van der Waals surface area contributed by atoms with Crippen LogP contribution in [0.4, 0.5) is 0 Å². The summed E-state index contributed by atoms with van der Waals surface area (Å²) in [6.07, 6.45) is 0. The minimum Gasteiger partial charge on any atom is -0.379 e. The second-order valence-corrected chi connectivity index (χ2v) is 12.6. The van der Waals surface area contributed by atoms with E-state index in [0.29, 0.717) is 11.1 Å². The maximum atomic E-state index is 12.8. The summed E-state index contributed by atoms with van der Waals surface area (Å²) in [6, 6.07) is 37.0. The Morgan fingerprint density at radius 1 is 0.439 bits per heavy atom. The molecule has 0 unspecified atom stereocenters. The summed E-state index contributed by atoms with van der Waals surface area (Å²) in [5, 5.41) is 0. The Labute approximate surface area is 241 Å². The van der Waals surface area contributed by atoms with Gasteiger partial charge in [0.1, 0.15) is 21.3 Å². The largest absolute Gasteiger partial charge is 0.379 e. The van der Waals surface area contributed by atoms with E-state index in [1.54, 1.807) is 74.5 Å². The number of rotatable bonds is 9. The van der Waals surface area contributed by atoms with Crippen molar-refractivity contribution in [1.29, 1.82) is 0 Å². The highest BCUT2D eigenvalue weighted by molar-refractivity contribution is 7.87. The average molecular weight is 585 g/mol. The maximum Gasteiger partial charge on any atom is 0.339 e. The number of hydrogen-bond donors (Lipinski definition) is 0. The molecule has 0 fully saturated rings. The minimum atomic E-state index is -3.99. The molecular formula is C33H28O6S2. The molecule has 0 N–H and O–H groups in total. The van der Waals surface area contributed by atoms with E-state index in [4.69, 9.17) is 8.37 Å². The average Bonchev–Trinajstić information content (AvgIpc) is 2.95. The van der Waals surface area contributed by atoms with Crippen LogP contribution in [-0.4, -0.2) is 16.8 Å². The van der Waals surface area contributed by atoms with Crippen LogP contribution in [0.5, 0.6) is 11.5 Å². The van der Waals surface area contributed by atoms with Crippen LogP contribution in [0.2, 0.25) is 0 Å². The van der Waals surface area contributed by atoms with Crippen molar-refractivity contribution >= 4 is 20.2 Å². The van der Waals surface area contributed by atoms with Gasteiger partial charge in [0.05, 0.1) is 0 Å². The van der Waals surface area contributed by atoms with Gasteiger partial charge in [0.25, 0.3) is 0 Å². The molecule has 0 bridgehead atoms. The highest BCUT2D eigenvalue weighted by Gasteiger charge is 2.22. The topological polar surface area (TPSA) is 86.7 Å². The zero-order chi connectivity index (χ0) is 29.0. The Bertz CT molecular complexity index is 1740. The summed E-state index contributed by atoms with van der Waals surface area (Å²) in [5.41, 5.74) is 4.02. The summed E-state index contributed by atoms with van der Waals surface area (Å²) < 4.78 is 62.2. The number of benzene rings is 5. The molecule has 0 aliphatic carbocycles. The van der Waals surface area contributed by atoms with Gasteiger partial charge in [-0.15, -0.1) is 0 Å². The van der Waals surface area contributed by atoms with E-state index in [-0.39, 0.29) is 27.2 Å². The van der Waals surface area contributed by atoms with Crippen molar-refractivity contribution in [2.75, 3.05) is 0 Å². The standard InChI is InChI=1S/C33H28O6S2/c1-24-10-6-8-14-31(24)40(34,35)38-29-20-16-27(17-21-29)33(26-12-4-3-5-13-26)28-18-22-30(23-19-28)39-41(36,37)32-15-9-7-11-25(32)2/h3-23,33H,1-2H3. The van der Waals surface area contributed by atoms with Gasteiger partial charge in [-0.05, 0) is 78.1 Å². The van der Waals surface area contributed by atoms with Crippen LogP contribution < -0.4 is 8.37 Å². The second-order valence-electron chi connectivity index (χ2n) is 9.59. The molecule has 0 radical (unpaired) electrons. The van der Waals surface area contributed by atoms with Gasteiger partial charge in [0.15, 0.2) is 0 Å². The third-order valence-electron chi connectivity index (χ3n) is 6.70. The molecule has 0 aliphatic heterocycles. The lowest BCUT2D eigenvalue weighted by molar-refractivity contribution is 0.483. The van der Waals surface area contributed by atoms with Gasteiger partial charge in [-0.25, -0.2) is 0 Å². The van der Waals surface area contributed by atoms with E-state index in [0.717, 1.165) is 16.7 Å². The molecule has 0 heterocycles. The Balaban J connectivity index is 1.42. The molecule has 0 amide bonds. The predicted octanol–water partition coefficient (Wildman–Crippen LogP) is 7.02. The molecule has 41 heavy (non-hydrogen) atoms. The highest BCUT2D eigenvalue weighted by Crippen LogP contribution is 2.34. The van der Waals surface area contributed by atoms with Crippen LogP contribution >= 0.6 is 0 Å². The molecule has 0 aromatic heterocycles. The van der Waals surface area contributed by atoms with Gasteiger partial charge in [-0.2, -0.15) is 16.8 Å². The van der Waals surface area contributed by atoms with E-state index < -0.39 is 20.2 Å². The van der Waals surface area contributed by atoms with Crippen molar-refractivity contribution in [1.82, 2.24) is 0 Å². The van der Waals surface area contributed by atoms with Gasteiger partial charge in [0.2, 0.25) is 0 Å². The normalized spacial score (nSPS) is 11.8. The zero-order valence-electron chi connectivity index (χ0n) is 22.5. The molecule has 208 valence electrons. The Hall–Kier alpha value is -4.40. The first kappa shape index (κ1) is 28.1. The van der Waals surface area contributed by atoms with Crippen molar-refractivity contribution in [2.24, 2.45) is 0 Å². The smallest absolute Gasteiger partial charge is 0.339 e. The van der Waals surface area contributed by atoms with Gasteiger partial charge < -0.3 is 8.37 Å². The Kier molecular flexibility index (Phi) is 7.97. The SMILES string of the molecule is Cc1ccccc1S(=O)(=O)Oc1ccc(C(c2ccccc2)c2ccc(OS(=O)(=O)c3ccccc3C)cc2)cc1. The first-order valence-corrected chi connectivity index (χ1v) is 15.7. The van der Waals surface area contributed by atoms with E-state index >= 15 is 0 Å². The zero-order valence-corrected chi connectivity index (χ0v) is 24.1. The fourth-order valence-corrected chi connectivity index (χ4v) is 7.00.